The minimum Gasteiger partial charge on any atom is -0.374 e. The summed E-state index contributed by atoms with van der Waals surface area (Å²) in [5.41, 5.74) is 0.615. The third-order valence-corrected chi connectivity index (χ3v) is 6.15. The Bertz CT molecular complexity index is 1270. The fraction of sp³-hybridized carbons (Fsp3) is 0.211. The van der Waals surface area contributed by atoms with Crippen molar-refractivity contribution in [3.63, 3.8) is 0 Å². The van der Waals surface area contributed by atoms with E-state index in [2.05, 4.69) is 25.4 Å². The van der Waals surface area contributed by atoms with Crippen molar-refractivity contribution >= 4 is 50.0 Å². The van der Waals surface area contributed by atoms with Gasteiger partial charge in [-0.3, -0.25) is 4.79 Å². The standard InChI is InChI=1S/C19H15ClN6O3S/c1-26-6-5-19(28,17(26)27)13-8-12(29-25-13)10-3-2-4-11(7-10)23-18-24-14-15(20)21-9-22-16(14)30-18/h2-4,7-9,28H,5-6H2,1H3,(H,23,24). The van der Waals surface area contributed by atoms with Gasteiger partial charge in [-0.15, -0.1) is 0 Å². The lowest BCUT2D eigenvalue weighted by atomic mass is 9.97. The highest BCUT2D eigenvalue weighted by atomic mass is 35.5. The van der Waals surface area contributed by atoms with E-state index in [9.17, 15) is 9.90 Å². The number of likely N-dealkylation sites (tertiary alicyclic amines) is 1. The van der Waals surface area contributed by atoms with Crippen LogP contribution in [0.25, 0.3) is 21.7 Å². The maximum absolute atomic E-state index is 12.3. The number of fused-ring (bicyclic) bond motifs is 1. The highest BCUT2D eigenvalue weighted by molar-refractivity contribution is 7.21. The summed E-state index contributed by atoms with van der Waals surface area (Å²) >= 11 is 7.42. The van der Waals surface area contributed by atoms with Crippen LogP contribution in [0.1, 0.15) is 12.1 Å². The summed E-state index contributed by atoms with van der Waals surface area (Å²) in [7, 11) is 1.65. The zero-order valence-electron chi connectivity index (χ0n) is 15.7. The lowest BCUT2D eigenvalue weighted by Gasteiger charge is -2.16. The van der Waals surface area contributed by atoms with Gasteiger partial charge in [0.2, 0.25) is 0 Å². The number of anilines is 2. The maximum atomic E-state index is 12.3. The normalized spacial score (nSPS) is 19.0. The van der Waals surface area contributed by atoms with Crippen LogP contribution in [0.4, 0.5) is 10.8 Å². The maximum Gasteiger partial charge on any atom is 0.260 e. The van der Waals surface area contributed by atoms with E-state index in [0.717, 1.165) is 11.3 Å². The van der Waals surface area contributed by atoms with Gasteiger partial charge in [-0.25, -0.2) is 15.0 Å². The number of aromatic nitrogens is 4. The molecule has 11 heteroatoms. The Kier molecular flexibility index (Phi) is 4.42. The van der Waals surface area contributed by atoms with Crippen LogP contribution in [0.3, 0.4) is 0 Å². The third-order valence-electron chi connectivity index (χ3n) is 4.99. The average Bonchev–Trinajstić information content (AvgIpc) is 3.45. The summed E-state index contributed by atoms with van der Waals surface area (Å²) in [6.45, 7) is 0.466. The molecule has 2 N–H and O–H groups in total. The number of nitrogens with zero attached hydrogens (tertiary/aromatic N) is 5. The second kappa shape index (κ2) is 7.01. The average molecular weight is 443 g/mol. The minimum atomic E-state index is -1.65. The lowest BCUT2D eigenvalue weighted by molar-refractivity contribution is -0.143. The van der Waals surface area contributed by atoms with Gasteiger partial charge >= 0.3 is 0 Å². The highest BCUT2D eigenvalue weighted by Crippen LogP contribution is 2.35. The van der Waals surface area contributed by atoms with Gasteiger partial charge in [0.05, 0.1) is 0 Å². The summed E-state index contributed by atoms with van der Waals surface area (Å²) in [5, 5.41) is 18.8. The molecule has 1 aliphatic heterocycles. The van der Waals surface area contributed by atoms with Crippen LogP contribution >= 0.6 is 22.9 Å². The largest absolute Gasteiger partial charge is 0.374 e. The van der Waals surface area contributed by atoms with Crippen LogP contribution in [0, 0.1) is 0 Å². The Morgan fingerprint density at radius 2 is 2.20 bits per heavy atom. The number of thiazole rings is 1. The quantitative estimate of drug-likeness (QED) is 0.463. The van der Waals surface area contributed by atoms with Gasteiger partial charge in [0.15, 0.2) is 21.6 Å². The van der Waals surface area contributed by atoms with Gasteiger partial charge in [0.25, 0.3) is 5.91 Å². The number of carbonyl (C=O) groups excluding carboxylic acids is 1. The molecule has 1 amide bonds. The Morgan fingerprint density at radius 1 is 1.33 bits per heavy atom. The minimum absolute atomic E-state index is 0.213. The van der Waals surface area contributed by atoms with Crippen molar-refractivity contribution in [1.29, 1.82) is 0 Å². The molecule has 3 aromatic heterocycles. The SMILES string of the molecule is CN1CCC(O)(c2cc(-c3cccc(Nc4nc5c(Cl)ncnc5s4)c3)on2)C1=O. The first-order valence-electron chi connectivity index (χ1n) is 9.04. The van der Waals surface area contributed by atoms with Gasteiger partial charge < -0.3 is 19.8 Å². The number of benzene rings is 1. The highest BCUT2D eigenvalue weighted by Gasteiger charge is 2.47. The molecule has 30 heavy (non-hydrogen) atoms. The third kappa shape index (κ3) is 3.09. The first kappa shape index (κ1) is 18.9. The molecule has 1 aromatic carbocycles. The van der Waals surface area contributed by atoms with E-state index >= 15 is 0 Å². The molecule has 152 valence electrons. The molecular formula is C19H15ClN6O3S. The molecule has 1 aliphatic rings. The van der Waals surface area contributed by atoms with Crippen molar-refractivity contribution in [2.45, 2.75) is 12.0 Å². The predicted octanol–water partition coefficient (Wildman–Crippen LogP) is 3.19. The van der Waals surface area contributed by atoms with Gasteiger partial charge in [-0.05, 0) is 12.1 Å². The van der Waals surface area contributed by atoms with Crippen LogP contribution in [0.5, 0.6) is 0 Å². The summed E-state index contributed by atoms with van der Waals surface area (Å²) in [4.78, 5) is 27.0. The summed E-state index contributed by atoms with van der Waals surface area (Å²) < 4.78 is 5.42. The topological polar surface area (TPSA) is 117 Å². The Balaban J connectivity index is 1.42. The second-order valence-corrected chi connectivity index (χ2v) is 8.29. The Hall–Kier alpha value is -3.08. The van der Waals surface area contributed by atoms with E-state index < -0.39 is 5.60 Å². The molecule has 0 saturated carbocycles. The Labute approximate surface area is 179 Å². The molecule has 4 heterocycles. The van der Waals surface area contributed by atoms with E-state index in [1.165, 1.54) is 22.6 Å². The zero-order chi connectivity index (χ0) is 20.9. The first-order chi connectivity index (χ1) is 14.4. The predicted molar refractivity (Wildman–Crippen MR) is 112 cm³/mol. The molecular weight excluding hydrogens is 428 g/mol. The number of hydrogen-bond acceptors (Lipinski definition) is 9. The van der Waals surface area contributed by atoms with Gasteiger partial charge in [-0.1, -0.05) is 40.2 Å². The molecule has 0 aliphatic carbocycles. The van der Waals surface area contributed by atoms with Gasteiger partial charge in [0.1, 0.15) is 22.4 Å². The van der Waals surface area contributed by atoms with E-state index in [1.807, 2.05) is 24.3 Å². The number of amides is 1. The van der Waals surface area contributed by atoms with Crippen molar-refractivity contribution in [2.24, 2.45) is 0 Å². The van der Waals surface area contributed by atoms with E-state index in [0.29, 0.717) is 32.9 Å². The summed E-state index contributed by atoms with van der Waals surface area (Å²) in [6, 6.07) is 9.04. The number of halogens is 1. The van der Waals surface area contributed by atoms with Crippen LogP contribution in [-0.4, -0.2) is 49.6 Å². The number of carbonyl (C=O) groups is 1. The molecule has 4 aromatic rings. The van der Waals surface area contributed by atoms with Crippen LogP contribution in [-0.2, 0) is 10.4 Å². The van der Waals surface area contributed by atoms with Crippen LogP contribution in [0.2, 0.25) is 5.15 Å². The van der Waals surface area contributed by atoms with Crippen molar-refractivity contribution in [3.05, 3.63) is 47.5 Å². The molecule has 1 saturated heterocycles. The Morgan fingerprint density at radius 3 is 2.97 bits per heavy atom. The molecule has 9 nitrogen and oxygen atoms in total. The molecule has 1 fully saturated rings. The van der Waals surface area contributed by atoms with E-state index in [-0.39, 0.29) is 18.0 Å². The fourth-order valence-corrected chi connectivity index (χ4v) is 4.41. The molecule has 1 unspecified atom stereocenters. The van der Waals surface area contributed by atoms with Crippen LogP contribution < -0.4 is 5.32 Å². The molecule has 1 atom stereocenters. The molecule has 0 bridgehead atoms. The van der Waals surface area contributed by atoms with Gasteiger partial charge in [-0.2, -0.15) is 0 Å². The van der Waals surface area contributed by atoms with E-state index in [1.54, 1.807) is 13.1 Å². The number of hydrogen-bond donors (Lipinski definition) is 2. The number of rotatable bonds is 4. The molecule has 0 radical (unpaired) electrons. The monoisotopic (exact) mass is 442 g/mol. The fourth-order valence-electron chi connectivity index (χ4n) is 3.35. The molecule has 0 spiro atoms. The molecule has 5 rings (SSSR count). The van der Waals surface area contributed by atoms with Crippen molar-refractivity contribution in [1.82, 2.24) is 25.0 Å². The zero-order valence-corrected chi connectivity index (χ0v) is 17.2. The van der Waals surface area contributed by atoms with E-state index in [4.69, 9.17) is 16.1 Å². The van der Waals surface area contributed by atoms with Gasteiger partial charge in [0, 0.05) is 37.3 Å². The van der Waals surface area contributed by atoms with Crippen molar-refractivity contribution in [2.75, 3.05) is 18.9 Å². The second-order valence-electron chi connectivity index (χ2n) is 6.96. The first-order valence-corrected chi connectivity index (χ1v) is 10.2. The number of nitrogens with one attached hydrogen (secondary N) is 1. The van der Waals surface area contributed by atoms with Crippen LogP contribution in [0.15, 0.2) is 41.2 Å². The lowest BCUT2D eigenvalue weighted by Crippen LogP contribution is -2.36. The number of likely N-dealkylation sites (N-methyl/N-ethyl adjacent to an activating group) is 1. The van der Waals surface area contributed by atoms with Crippen molar-refractivity contribution in [3.8, 4) is 11.3 Å². The summed E-state index contributed by atoms with van der Waals surface area (Å²) in [5.74, 6) is 0.0676. The number of aliphatic hydroxyl groups is 1. The van der Waals surface area contributed by atoms with Crippen molar-refractivity contribution < 1.29 is 14.4 Å². The summed E-state index contributed by atoms with van der Waals surface area (Å²) in [6.07, 6.45) is 1.68. The smallest absolute Gasteiger partial charge is 0.260 e.